The molecule has 3 rings (SSSR count). The van der Waals surface area contributed by atoms with Gasteiger partial charge < -0.3 is 4.90 Å². The molecular weight excluding hydrogens is 260 g/mol. The van der Waals surface area contributed by atoms with E-state index >= 15 is 0 Å². The summed E-state index contributed by atoms with van der Waals surface area (Å²) in [5.74, 6) is 2.59. The van der Waals surface area contributed by atoms with E-state index in [4.69, 9.17) is 0 Å². The highest BCUT2D eigenvalue weighted by atomic mass is 16.2. The topological polar surface area (TPSA) is 32.3 Å². The largest absolute Gasteiger partial charge is 0.325 e. The van der Waals surface area contributed by atoms with E-state index in [9.17, 15) is 4.79 Å². The summed E-state index contributed by atoms with van der Waals surface area (Å²) in [4.78, 5) is 15.0. The summed E-state index contributed by atoms with van der Waals surface area (Å²) in [6.07, 6.45) is 12.0. The van der Waals surface area contributed by atoms with Crippen LogP contribution in [0.5, 0.6) is 0 Å². The molecule has 2 aliphatic carbocycles. The van der Waals surface area contributed by atoms with Crippen molar-refractivity contribution in [2.24, 2.45) is 17.8 Å². The lowest BCUT2D eigenvalue weighted by atomic mass is 9.80. The first-order valence-electron chi connectivity index (χ1n) is 9.27. The van der Waals surface area contributed by atoms with E-state index in [0.717, 1.165) is 24.8 Å². The Morgan fingerprint density at radius 1 is 1.10 bits per heavy atom. The third-order valence-corrected chi connectivity index (χ3v) is 6.26. The molecule has 3 heteroatoms. The molecule has 0 spiro atoms. The molecule has 0 aromatic carbocycles. The van der Waals surface area contributed by atoms with Crippen LogP contribution in [-0.4, -0.2) is 29.6 Å². The van der Waals surface area contributed by atoms with Crippen LogP contribution in [0.2, 0.25) is 0 Å². The number of amides is 1. The minimum Gasteiger partial charge on any atom is -0.325 e. The predicted molar refractivity (Wildman–Crippen MR) is 85.8 cm³/mol. The summed E-state index contributed by atoms with van der Waals surface area (Å²) >= 11 is 0. The molecule has 0 aromatic heterocycles. The highest BCUT2D eigenvalue weighted by Gasteiger charge is 2.43. The van der Waals surface area contributed by atoms with Gasteiger partial charge in [-0.25, -0.2) is 0 Å². The van der Waals surface area contributed by atoms with Gasteiger partial charge in [-0.05, 0) is 43.4 Å². The van der Waals surface area contributed by atoms with Crippen molar-refractivity contribution in [3.63, 3.8) is 0 Å². The van der Waals surface area contributed by atoms with E-state index in [-0.39, 0.29) is 6.04 Å². The molecular formula is C18H32N2O. The number of carbonyl (C=O) groups excluding carboxylic acids is 1. The fourth-order valence-electron chi connectivity index (χ4n) is 4.78. The van der Waals surface area contributed by atoms with Crippen molar-refractivity contribution >= 4 is 5.91 Å². The normalized spacial score (nSPS) is 38.4. The number of nitrogens with zero attached hydrogens (tertiary/aromatic N) is 1. The van der Waals surface area contributed by atoms with Crippen LogP contribution >= 0.6 is 0 Å². The average molecular weight is 292 g/mol. The first-order chi connectivity index (χ1) is 10.2. The molecule has 1 aliphatic heterocycles. The summed E-state index contributed by atoms with van der Waals surface area (Å²) in [7, 11) is 0. The van der Waals surface area contributed by atoms with Gasteiger partial charge in [0, 0.05) is 6.54 Å². The smallest absolute Gasteiger partial charge is 0.241 e. The predicted octanol–water partition coefficient (Wildman–Crippen LogP) is 3.54. The molecule has 1 saturated heterocycles. The van der Waals surface area contributed by atoms with Gasteiger partial charge in [0.25, 0.3) is 0 Å². The van der Waals surface area contributed by atoms with Crippen molar-refractivity contribution in [2.75, 3.05) is 6.54 Å². The molecule has 3 nitrogen and oxygen atoms in total. The second-order valence-electron chi connectivity index (χ2n) is 7.63. The standard InChI is InChI=1S/C18H32N2O/c1-3-16-18(21)20(12-15-11-5-4-8-13(15)2)17(19-16)14-9-6-7-10-14/h13-17,19H,3-12H2,1-2H3. The van der Waals surface area contributed by atoms with Crippen LogP contribution in [-0.2, 0) is 4.79 Å². The fourth-order valence-corrected chi connectivity index (χ4v) is 4.78. The van der Waals surface area contributed by atoms with Crippen LogP contribution in [0.25, 0.3) is 0 Å². The van der Waals surface area contributed by atoms with Gasteiger partial charge in [0.05, 0.1) is 12.2 Å². The lowest BCUT2D eigenvalue weighted by Crippen LogP contribution is -2.45. The third-order valence-electron chi connectivity index (χ3n) is 6.26. The fraction of sp³-hybridized carbons (Fsp3) is 0.944. The van der Waals surface area contributed by atoms with Crippen molar-refractivity contribution in [1.82, 2.24) is 10.2 Å². The number of nitrogens with one attached hydrogen (secondary N) is 1. The highest BCUT2D eigenvalue weighted by molar-refractivity contribution is 5.84. The zero-order valence-corrected chi connectivity index (χ0v) is 13.8. The van der Waals surface area contributed by atoms with Crippen molar-refractivity contribution in [2.45, 2.75) is 83.8 Å². The zero-order valence-electron chi connectivity index (χ0n) is 13.8. The molecule has 0 aromatic rings. The van der Waals surface area contributed by atoms with Gasteiger partial charge in [0.2, 0.25) is 5.91 Å². The zero-order chi connectivity index (χ0) is 14.8. The molecule has 120 valence electrons. The van der Waals surface area contributed by atoms with Gasteiger partial charge in [0.15, 0.2) is 0 Å². The second kappa shape index (κ2) is 6.68. The maximum absolute atomic E-state index is 12.7. The van der Waals surface area contributed by atoms with Crippen molar-refractivity contribution < 1.29 is 4.79 Å². The third kappa shape index (κ3) is 3.13. The first-order valence-corrected chi connectivity index (χ1v) is 9.27. The van der Waals surface area contributed by atoms with Crippen LogP contribution in [0.15, 0.2) is 0 Å². The maximum Gasteiger partial charge on any atom is 0.241 e. The quantitative estimate of drug-likeness (QED) is 0.859. The average Bonchev–Trinajstić information content (AvgIpc) is 3.11. The van der Waals surface area contributed by atoms with E-state index in [1.54, 1.807) is 0 Å². The van der Waals surface area contributed by atoms with Crippen LogP contribution < -0.4 is 5.32 Å². The summed E-state index contributed by atoms with van der Waals surface area (Å²) in [5.41, 5.74) is 0. The van der Waals surface area contributed by atoms with Crippen LogP contribution in [0.3, 0.4) is 0 Å². The number of rotatable bonds is 4. The Labute approximate surface area is 129 Å². The van der Waals surface area contributed by atoms with E-state index in [0.29, 0.717) is 18.0 Å². The SMILES string of the molecule is CCC1NC(C2CCCC2)N(CC2CCCCC2C)C1=O. The number of hydrogen-bond acceptors (Lipinski definition) is 2. The molecule has 0 radical (unpaired) electrons. The first kappa shape index (κ1) is 15.3. The molecule has 1 amide bonds. The minimum absolute atomic E-state index is 0.0782. The molecule has 0 bridgehead atoms. The lowest BCUT2D eigenvalue weighted by Gasteiger charge is -2.36. The van der Waals surface area contributed by atoms with Gasteiger partial charge in [-0.2, -0.15) is 0 Å². The van der Waals surface area contributed by atoms with Crippen molar-refractivity contribution in [3.05, 3.63) is 0 Å². The van der Waals surface area contributed by atoms with Crippen LogP contribution in [0.4, 0.5) is 0 Å². The lowest BCUT2D eigenvalue weighted by molar-refractivity contribution is -0.131. The summed E-state index contributed by atoms with van der Waals surface area (Å²) < 4.78 is 0. The number of hydrogen-bond donors (Lipinski definition) is 1. The van der Waals surface area contributed by atoms with Crippen LogP contribution in [0.1, 0.15) is 71.6 Å². The summed E-state index contributed by atoms with van der Waals surface area (Å²) in [6.45, 7) is 5.53. The Balaban J connectivity index is 1.70. The van der Waals surface area contributed by atoms with E-state index in [1.165, 1.54) is 51.4 Å². The second-order valence-corrected chi connectivity index (χ2v) is 7.63. The summed E-state index contributed by atoms with van der Waals surface area (Å²) in [5, 5.41) is 3.66. The van der Waals surface area contributed by atoms with Gasteiger partial charge in [-0.3, -0.25) is 10.1 Å². The number of carbonyl (C=O) groups is 1. The Morgan fingerprint density at radius 3 is 2.43 bits per heavy atom. The Bertz CT molecular complexity index is 364. The van der Waals surface area contributed by atoms with E-state index < -0.39 is 0 Å². The van der Waals surface area contributed by atoms with Crippen LogP contribution in [0, 0.1) is 17.8 Å². The molecule has 4 unspecified atom stereocenters. The minimum atomic E-state index is 0.0782. The highest BCUT2D eigenvalue weighted by Crippen LogP contribution is 2.35. The Morgan fingerprint density at radius 2 is 1.76 bits per heavy atom. The van der Waals surface area contributed by atoms with Crippen molar-refractivity contribution in [3.8, 4) is 0 Å². The molecule has 1 heterocycles. The monoisotopic (exact) mass is 292 g/mol. The Kier molecular flexibility index (Phi) is 4.88. The maximum atomic E-state index is 12.7. The van der Waals surface area contributed by atoms with E-state index in [2.05, 4.69) is 24.1 Å². The van der Waals surface area contributed by atoms with Crippen molar-refractivity contribution in [1.29, 1.82) is 0 Å². The summed E-state index contributed by atoms with van der Waals surface area (Å²) in [6, 6.07) is 0.0782. The van der Waals surface area contributed by atoms with Gasteiger partial charge in [-0.1, -0.05) is 46.0 Å². The molecule has 3 aliphatic rings. The molecule has 1 N–H and O–H groups in total. The van der Waals surface area contributed by atoms with Gasteiger partial charge in [-0.15, -0.1) is 0 Å². The van der Waals surface area contributed by atoms with Gasteiger partial charge >= 0.3 is 0 Å². The molecule has 21 heavy (non-hydrogen) atoms. The molecule has 3 fully saturated rings. The van der Waals surface area contributed by atoms with Gasteiger partial charge in [0.1, 0.15) is 0 Å². The molecule has 4 atom stereocenters. The van der Waals surface area contributed by atoms with E-state index in [1.807, 2.05) is 0 Å². The Hall–Kier alpha value is -0.570. The molecule has 2 saturated carbocycles.